The third-order valence-electron chi connectivity index (χ3n) is 5.33. The van der Waals surface area contributed by atoms with Gasteiger partial charge in [0.15, 0.2) is 0 Å². The minimum absolute atomic E-state index is 0.00710. The molecule has 0 aromatic heterocycles. The van der Waals surface area contributed by atoms with Crippen LogP contribution < -0.4 is 10.2 Å². The molecule has 1 aromatic carbocycles. The highest BCUT2D eigenvalue weighted by atomic mass is 35.5. The molecule has 1 saturated carbocycles. The number of hydrogen-bond acceptors (Lipinski definition) is 2. The Morgan fingerprint density at radius 2 is 1.96 bits per heavy atom. The van der Waals surface area contributed by atoms with Gasteiger partial charge in [-0.05, 0) is 56.2 Å². The predicted octanol–water partition coefficient (Wildman–Crippen LogP) is 3.70. The summed E-state index contributed by atoms with van der Waals surface area (Å²) in [4.78, 5) is 26.5. The van der Waals surface area contributed by atoms with Crippen molar-refractivity contribution < 1.29 is 9.59 Å². The first-order valence-electron chi connectivity index (χ1n) is 8.81. The third kappa shape index (κ3) is 3.75. The summed E-state index contributed by atoms with van der Waals surface area (Å²) in [6.45, 7) is 4.63. The molecule has 0 spiro atoms. The molecule has 2 fully saturated rings. The van der Waals surface area contributed by atoms with Gasteiger partial charge in [0.2, 0.25) is 11.8 Å². The van der Waals surface area contributed by atoms with Crippen molar-refractivity contribution >= 4 is 29.1 Å². The van der Waals surface area contributed by atoms with Crippen molar-refractivity contribution in [2.24, 2.45) is 11.8 Å². The van der Waals surface area contributed by atoms with Crippen molar-refractivity contribution in [3.05, 3.63) is 28.8 Å². The van der Waals surface area contributed by atoms with Gasteiger partial charge in [0.05, 0.1) is 5.92 Å². The Kier molecular flexibility index (Phi) is 5.14. The van der Waals surface area contributed by atoms with Crippen LogP contribution in [0.2, 0.25) is 5.02 Å². The lowest BCUT2D eigenvalue weighted by Crippen LogP contribution is -2.41. The average molecular weight is 349 g/mol. The van der Waals surface area contributed by atoms with Gasteiger partial charge in [0.25, 0.3) is 0 Å². The van der Waals surface area contributed by atoms with Gasteiger partial charge in [-0.1, -0.05) is 24.6 Å². The fourth-order valence-corrected chi connectivity index (χ4v) is 3.78. The number of hydrogen-bond donors (Lipinski definition) is 1. The Hall–Kier alpha value is -1.55. The Labute approximate surface area is 148 Å². The lowest BCUT2D eigenvalue weighted by atomic mass is 9.87. The van der Waals surface area contributed by atoms with Gasteiger partial charge in [-0.2, -0.15) is 0 Å². The van der Waals surface area contributed by atoms with Crippen LogP contribution in [-0.4, -0.2) is 24.4 Å². The summed E-state index contributed by atoms with van der Waals surface area (Å²) in [6.07, 6.45) is 4.71. The van der Waals surface area contributed by atoms with Gasteiger partial charge in [0.1, 0.15) is 0 Å². The molecule has 1 aromatic rings. The Balaban J connectivity index is 1.61. The summed E-state index contributed by atoms with van der Waals surface area (Å²) < 4.78 is 0. The predicted molar refractivity (Wildman–Crippen MR) is 96.2 cm³/mol. The van der Waals surface area contributed by atoms with Crippen LogP contribution in [0, 0.1) is 18.8 Å². The second-order valence-corrected chi connectivity index (χ2v) is 7.71. The van der Waals surface area contributed by atoms with Gasteiger partial charge in [-0.25, -0.2) is 0 Å². The molecular weight excluding hydrogens is 324 g/mol. The zero-order valence-corrected chi connectivity index (χ0v) is 15.1. The maximum absolute atomic E-state index is 12.5. The first-order valence-corrected chi connectivity index (χ1v) is 9.18. The summed E-state index contributed by atoms with van der Waals surface area (Å²) in [5, 5.41) is 3.79. The highest BCUT2D eigenvalue weighted by Crippen LogP contribution is 2.29. The Bertz CT molecular complexity index is 638. The standard InChI is InChI=1S/C19H25ClN2O2/c1-12-3-6-15(7-4-12)21-19(24)14-9-18(23)22(11-14)16-8-5-13(2)17(20)10-16/h5,8,10,12,14-15H,3-4,6-7,9,11H2,1-2H3,(H,21,24)/t12?,14-,15?/m0/s1. The van der Waals surface area contributed by atoms with Crippen molar-refractivity contribution in [2.45, 2.75) is 52.0 Å². The minimum atomic E-state index is -0.267. The van der Waals surface area contributed by atoms with Crippen LogP contribution in [0.3, 0.4) is 0 Å². The van der Waals surface area contributed by atoms with Crippen molar-refractivity contribution in [3.8, 4) is 0 Å². The molecule has 3 rings (SSSR count). The number of carbonyl (C=O) groups is 2. The van der Waals surface area contributed by atoms with Gasteiger partial charge in [-0.3, -0.25) is 9.59 Å². The van der Waals surface area contributed by atoms with Crippen molar-refractivity contribution in [1.82, 2.24) is 5.32 Å². The summed E-state index contributed by atoms with van der Waals surface area (Å²) in [5.74, 6) is 0.501. The molecule has 1 heterocycles. The summed E-state index contributed by atoms with van der Waals surface area (Å²) >= 11 is 6.16. The third-order valence-corrected chi connectivity index (χ3v) is 5.73. The summed E-state index contributed by atoms with van der Waals surface area (Å²) in [7, 11) is 0. The van der Waals surface area contributed by atoms with Crippen LogP contribution in [0.1, 0.15) is 44.6 Å². The molecule has 2 amide bonds. The molecule has 1 N–H and O–H groups in total. The van der Waals surface area contributed by atoms with Crippen LogP contribution in [0.25, 0.3) is 0 Å². The number of carbonyl (C=O) groups excluding carboxylic acids is 2. The number of benzene rings is 1. The van der Waals surface area contributed by atoms with E-state index in [2.05, 4.69) is 12.2 Å². The number of anilines is 1. The average Bonchev–Trinajstić information content (AvgIpc) is 2.94. The van der Waals surface area contributed by atoms with Crippen LogP contribution in [0.4, 0.5) is 5.69 Å². The van der Waals surface area contributed by atoms with E-state index < -0.39 is 0 Å². The molecule has 1 aliphatic heterocycles. The molecule has 1 atom stereocenters. The second kappa shape index (κ2) is 7.14. The van der Waals surface area contributed by atoms with E-state index in [1.165, 1.54) is 12.8 Å². The normalized spacial score (nSPS) is 27.4. The summed E-state index contributed by atoms with van der Waals surface area (Å²) in [6, 6.07) is 5.87. The first-order chi connectivity index (χ1) is 11.4. The van der Waals surface area contributed by atoms with Gasteiger partial charge < -0.3 is 10.2 Å². The van der Waals surface area contributed by atoms with E-state index >= 15 is 0 Å². The minimum Gasteiger partial charge on any atom is -0.353 e. The molecule has 130 valence electrons. The zero-order chi connectivity index (χ0) is 17.3. The van der Waals surface area contributed by atoms with Crippen LogP contribution >= 0.6 is 11.6 Å². The molecule has 1 aliphatic carbocycles. The van der Waals surface area contributed by atoms with Crippen molar-refractivity contribution in [2.75, 3.05) is 11.4 Å². The monoisotopic (exact) mass is 348 g/mol. The smallest absolute Gasteiger partial charge is 0.227 e. The maximum Gasteiger partial charge on any atom is 0.227 e. The number of rotatable bonds is 3. The first kappa shape index (κ1) is 17.3. The number of amides is 2. The second-order valence-electron chi connectivity index (χ2n) is 7.30. The SMILES string of the molecule is Cc1ccc(N2C[C@@H](C(=O)NC3CCC(C)CC3)CC2=O)cc1Cl. The molecule has 5 heteroatoms. The lowest BCUT2D eigenvalue weighted by Gasteiger charge is -2.27. The number of nitrogens with one attached hydrogen (secondary N) is 1. The molecule has 2 aliphatic rings. The quantitative estimate of drug-likeness (QED) is 0.905. The highest BCUT2D eigenvalue weighted by Gasteiger charge is 2.36. The van der Waals surface area contributed by atoms with Gasteiger partial charge in [-0.15, -0.1) is 0 Å². The molecule has 0 bridgehead atoms. The maximum atomic E-state index is 12.5. The fraction of sp³-hybridized carbons (Fsp3) is 0.579. The van der Waals surface area contributed by atoms with E-state index in [4.69, 9.17) is 11.6 Å². The largest absolute Gasteiger partial charge is 0.353 e. The molecule has 0 unspecified atom stereocenters. The Morgan fingerprint density at radius 3 is 2.62 bits per heavy atom. The van der Waals surface area contributed by atoms with Crippen molar-refractivity contribution in [3.63, 3.8) is 0 Å². The van der Waals surface area contributed by atoms with Crippen molar-refractivity contribution in [1.29, 1.82) is 0 Å². The molecule has 4 nitrogen and oxygen atoms in total. The Morgan fingerprint density at radius 1 is 1.25 bits per heavy atom. The van der Waals surface area contributed by atoms with E-state index in [0.29, 0.717) is 11.6 Å². The molecule has 0 radical (unpaired) electrons. The van der Waals surface area contributed by atoms with Crippen LogP contribution in [0.15, 0.2) is 18.2 Å². The van der Waals surface area contributed by atoms with E-state index in [0.717, 1.165) is 30.0 Å². The zero-order valence-electron chi connectivity index (χ0n) is 14.3. The van der Waals surface area contributed by atoms with Crippen LogP contribution in [-0.2, 0) is 9.59 Å². The number of halogens is 1. The van der Waals surface area contributed by atoms with Gasteiger partial charge in [0, 0.05) is 29.7 Å². The number of nitrogens with zero attached hydrogens (tertiary/aromatic N) is 1. The number of aryl methyl sites for hydroxylation is 1. The van der Waals surface area contributed by atoms with E-state index in [9.17, 15) is 9.59 Å². The van der Waals surface area contributed by atoms with E-state index in [1.54, 1.807) is 11.0 Å². The molecule has 24 heavy (non-hydrogen) atoms. The topological polar surface area (TPSA) is 49.4 Å². The molecule has 1 saturated heterocycles. The fourth-order valence-electron chi connectivity index (χ4n) is 3.61. The lowest BCUT2D eigenvalue weighted by molar-refractivity contribution is -0.127. The highest BCUT2D eigenvalue weighted by molar-refractivity contribution is 6.31. The van der Waals surface area contributed by atoms with Crippen LogP contribution in [0.5, 0.6) is 0 Å². The molecular formula is C19H25ClN2O2. The van der Waals surface area contributed by atoms with E-state index in [-0.39, 0.29) is 30.2 Å². The van der Waals surface area contributed by atoms with E-state index in [1.807, 2.05) is 19.1 Å². The summed E-state index contributed by atoms with van der Waals surface area (Å²) in [5.41, 5.74) is 1.75. The van der Waals surface area contributed by atoms with Gasteiger partial charge >= 0.3 is 0 Å².